The molecule has 4 nitrogen and oxygen atoms in total. The van der Waals surface area contributed by atoms with Gasteiger partial charge in [-0.15, -0.1) is 0 Å². The lowest BCUT2D eigenvalue weighted by atomic mass is 9.85. The molecule has 0 bridgehead atoms. The summed E-state index contributed by atoms with van der Waals surface area (Å²) < 4.78 is 0. The molecule has 3 rings (SSSR count). The second kappa shape index (κ2) is 7.93. The van der Waals surface area contributed by atoms with Crippen molar-refractivity contribution >= 4 is 5.91 Å². The zero-order valence-corrected chi connectivity index (χ0v) is 14.0. The molecule has 2 aliphatic rings. The molecule has 1 saturated heterocycles. The van der Waals surface area contributed by atoms with Gasteiger partial charge in [-0.2, -0.15) is 0 Å². The Bertz CT molecular complexity index is 525. The molecule has 1 heterocycles. The van der Waals surface area contributed by atoms with E-state index in [1.165, 1.54) is 37.1 Å². The van der Waals surface area contributed by atoms with E-state index in [1.54, 1.807) is 0 Å². The summed E-state index contributed by atoms with van der Waals surface area (Å²) in [5.41, 5.74) is 8.52. The topological polar surface area (TPSA) is 58.4 Å². The third kappa shape index (κ3) is 4.79. The summed E-state index contributed by atoms with van der Waals surface area (Å²) in [5, 5.41) is 3.10. The molecular formula is C19H29N3O. The molecule has 0 spiro atoms. The summed E-state index contributed by atoms with van der Waals surface area (Å²) in [6.07, 6.45) is 6.58. The van der Waals surface area contributed by atoms with Crippen molar-refractivity contribution in [3.8, 4) is 0 Å². The maximum Gasteiger partial charge on any atom is 0.223 e. The second-order valence-corrected chi connectivity index (χ2v) is 7.14. The molecule has 2 atom stereocenters. The first kappa shape index (κ1) is 16.5. The van der Waals surface area contributed by atoms with Gasteiger partial charge in [-0.1, -0.05) is 30.7 Å². The summed E-state index contributed by atoms with van der Waals surface area (Å²) >= 11 is 0. The molecule has 1 aliphatic carbocycles. The SMILES string of the molecule is NC1CCCC(C(=O)NCc2cccc(CN3CCCC3)c2)C1. The third-order valence-corrected chi connectivity index (χ3v) is 5.15. The summed E-state index contributed by atoms with van der Waals surface area (Å²) in [6.45, 7) is 4.07. The number of nitrogens with one attached hydrogen (secondary N) is 1. The molecule has 2 unspecified atom stereocenters. The van der Waals surface area contributed by atoms with Crippen molar-refractivity contribution in [2.24, 2.45) is 11.7 Å². The number of carbonyl (C=O) groups excluding carboxylic acids is 1. The van der Waals surface area contributed by atoms with Gasteiger partial charge < -0.3 is 11.1 Å². The van der Waals surface area contributed by atoms with Crippen molar-refractivity contribution in [2.45, 2.75) is 57.7 Å². The average molecular weight is 315 g/mol. The van der Waals surface area contributed by atoms with Crippen LogP contribution in [-0.2, 0) is 17.9 Å². The Morgan fingerprint density at radius 2 is 1.96 bits per heavy atom. The normalized spacial score (nSPS) is 25.4. The number of carbonyl (C=O) groups is 1. The summed E-state index contributed by atoms with van der Waals surface area (Å²) in [4.78, 5) is 14.8. The minimum atomic E-state index is 0.103. The Kier molecular flexibility index (Phi) is 5.68. The predicted molar refractivity (Wildman–Crippen MR) is 92.7 cm³/mol. The maximum atomic E-state index is 12.3. The molecule has 2 fully saturated rings. The standard InChI is InChI=1S/C19H29N3O/c20-18-8-4-7-17(12-18)19(23)21-13-15-5-3-6-16(11-15)14-22-9-1-2-10-22/h3,5-6,11,17-18H,1-2,4,7-10,12-14,20H2,(H,21,23). The first-order valence-corrected chi connectivity index (χ1v) is 9.04. The molecule has 3 N–H and O–H groups in total. The minimum absolute atomic E-state index is 0.103. The Hall–Kier alpha value is -1.39. The highest BCUT2D eigenvalue weighted by Crippen LogP contribution is 2.23. The van der Waals surface area contributed by atoms with Gasteiger partial charge >= 0.3 is 0 Å². The number of benzene rings is 1. The van der Waals surface area contributed by atoms with Crippen molar-refractivity contribution in [1.82, 2.24) is 10.2 Å². The van der Waals surface area contributed by atoms with Gasteiger partial charge in [0, 0.05) is 25.0 Å². The lowest BCUT2D eigenvalue weighted by Gasteiger charge is -2.25. The average Bonchev–Trinajstić information content (AvgIpc) is 3.06. The van der Waals surface area contributed by atoms with Crippen molar-refractivity contribution in [3.05, 3.63) is 35.4 Å². The van der Waals surface area contributed by atoms with Crippen LogP contribution in [-0.4, -0.2) is 29.9 Å². The number of hydrogen-bond acceptors (Lipinski definition) is 3. The van der Waals surface area contributed by atoms with Gasteiger partial charge in [0.15, 0.2) is 0 Å². The van der Waals surface area contributed by atoms with E-state index in [0.29, 0.717) is 6.54 Å². The van der Waals surface area contributed by atoms with Gasteiger partial charge in [0.25, 0.3) is 0 Å². The molecule has 1 amide bonds. The largest absolute Gasteiger partial charge is 0.352 e. The van der Waals surface area contributed by atoms with Crippen LogP contribution in [0.4, 0.5) is 0 Å². The van der Waals surface area contributed by atoms with Crippen molar-refractivity contribution in [3.63, 3.8) is 0 Å². The Morgan fingerprint density at radius 1 is 1.17 bits per heavy atom. The molecule has 1 saturated carbocycles. The highest BCUT2D eigenvalue weighted by Gasteiger charge is 2.24. The lowest BCUT2D eigenvalue weighted by molar-refractivity contribution is -0.126. The maximum absolute atomic E-state index is 12.3. The third-order valence-electron chi connectivity index (χ3n) is 5.15. The van der Waals surface area contributed by atoms with Crippen LogP contribution in [0.25, 0.3) is 0 Å². The summed E-state index contributed by atoms with van der Waals surface area (Å²) in [5.74, 6) is 0.275. The van der Waals surface area contributed by atoms with Crippen LogP contribution in [0.2, 0.25) is 0 Å². The van der Waals surface area contributed by atoms with Crippen LogP contribution in [0.3, 0.4) is 0 Å². The van der Waals surface area contributed by atoms with E-state index in [-0.39, 0.29) is 17.9 Å². The molecular weight excluding hydrogens is 286 g/mol. The van der Waals surface area contributed by atoms with E-state index in [9.17, 15) is 4.79 Å². The number of amides is 1. The van der Waals surface area contributed by atoms with E-state index in [4.69, 9.17) is 5.73 Å². The summed E-state index contributed by atoms with van der Waals surface area (Å²) in [7, 11) is 0. The Balaban J connectivity index is 1.50. The molecule has 1 aliphatic heterocycles. The van der Waals surface area contributed by atoms with Crippen molar-refractivity contribution < 1.29 is 4.79 Å². The fourth-order valence-electron chi connectivity index (χ4n) is 3.84. The smallest absolute Gasteiger partial charge is 0.223 e. The zero-order chi connectivity index (χ0) is 16.1. The highest BCUT2D eigenvalue weighted by molar-refractivity contribution is 5.78. The number of rotatable bonds is 5. The quantitative estimate of drug-likeness (QED) is 0.877. The van der Waals surface area contributed by atoms with E-state index in [2.05, 4.69) is 34.5 Å². The van der Waals surface area contributed by atoms with Crippen LogP contribution in [0.5, 0.6) is 0 Å². The minimum Gasteiger partial charge on any atom is -0.352 e. The molecule has 23 heavy (non-hydrogen) atoms. The van der Waals surface area contributed by atoms with Crippen molar-refractivity contribution in [2.75, 3.05) is 13.1 Å². The fourth-order valence-corrected chi connectivity index (χ4v) is 3.84. The number of likely N-dealkylation sites (tertiary alicyclic amines) is 1. The Labute approximate surface area is 139 Å². The molecule has 4 heteroatoms. The van der Waals surface area contributed by atoms with Gasteiger partial charge in [-0.3, -0.25) is 9.69 Å². The first-order valence-electron chi connectivity index (χ1n) is 9.04. The first-order chi connectivity index (χ1) is 11.2. The Morgan fingerprint density at radius 3 is 2.74 bits per heavy atom. The van der Waals surface area contributed by atoms with Crippen LogP contribution in [0.1, 0.15) is 49.7 Å². The fraction of sp³-hybridized carbons (Fsp3) is 0.632. The summed E-state index contributed by atoms with van der Waals surface area (Å²) in [6, 6.07) is 8.81. The molecule has 126 valence electrons. The van der Waals surface area contributed by atoms with Gasteiger partial charge in [0.2, 0.25) is 5.91 Å². The van der Waals surface area contributed by atoms with E-state index in [0.717, 1.165) is 32.2 Å². The van der Waals surface area contributed by atoms with Gasteiger partial charge in [0.05, 0.1) is 0 Å². The van der Waals surface area contributed by atoms with Crippen LogP contribution in [0.15, 0.2) is 24.3 Å². The molecule has 1 aromatic carbocycles. The van der Waals surface area contributed by atoms with Crippen LogP contribution in [0, 0.1) is 5.92 Å². The zero-order valence-electron chi connectivity index (χ0n) is 14.0. The van der Waals surface area contributed by atoms with E-state index >= 15 is 0 Å². The van der Waals surface area contributed by atoms with Gasteiger partial charge in [-0.25, -0.2) is 0 Å². The highest BCUT2D eigenvalue weighted by atomic mass is 16.1. The lowest BCUT2D eigenvalue weighted by Crippen LogP contribution is -2.37. The van der Waals surface area contributed by atoms with Gasteiger partial charge in [0.1, 0.15) is 0 Å². The van der Waals surface area contributed by atoms with Crippen LogP contribution >= 0.6 is 0 Å². The molecule has 0 aromatic heterocycles. The number of nitrogens with two attached hydrogens (primary N) is 1. The van der Waals surface area contributed by atoms with Gasteiger partial charge in [-0.05, 0) is 56.3 Å². The molecule has 1 aromatic rings. The number of hydrogen-bond donors (Lipinski definition) is 2. The monoisotopic (exact) mass is 315 g/mol. The number of nitrogens with zero attached hydrogens (tertiary/aromatic N) is 1. The van der Waals surface area contributed by atoms with E-state index in [1.807, 2.05) is 0 Å². The van der Waals surface area contributed by atoms with Crippen LogP contribution < -0.4 is 11.1 Å². The second-order valence-electron chi connectivity index (χ2n) is 7.14. The predicted octanol–water partition coefficient (Wildman–Crippen LogP) is 2.42. The van der Waals surface area contributed by atoms with Crippen molar-refractivity contribution in [1.29, 1.82) is 0 Å². The van der Waals surface area contributed by atoms with E-state index < -0.39 is 0 Å². The molecule has 0 radical (unpaired) electrons.